The minimum Gasteiger partial charge on any atom is -0.379 e. The van der Waals surface area contributed by atoms with Crippen LogP contribution in [0.2, 0.25) is 5.02 Å². The highest BCUT2D eigenvalue weighted by molar-refractivity contribution is 6.30. The Bertz CT molecular complexity index is 430. The lowest BCUT2D eigenvalue weighted by molar-refractivity contribution is -0.120. The minimum absolute atomic E-state index is 0.0729. The highest BCUT2D eigenvalue weighted by Gasteiger charge is 2.09. The van der Waals surface area contributed by atoms with Gasteiger partial charge in [0.05, 0.1) is 19.6 Å². The molecule has 1 saturated heterocycles. The van der Waals surface area contributed by atoms with Gasteiger partial charge < -0.3 is 10.1 Å². The molecule has 0 aromatic heterocycles. The second-order valence-electron chi connectivity index (χ2n) is 5.31. The van der Waals surface area contributed by atoms with E-state index in [1.54, 1.807) is 0 Å². The number of benzene rings is 1. The zero-order chi connectivity index (χ0) is 14.9. The highest BCUT2D eigenvalue weighted by atomic mass is 35.5. The van der Waals surface area contributed by atoms with Crippen molar-refractivity contribution in [2.45, 2.75) is 19.3 Å². The predicted molar refractivity (Wildman–Crippen MR) is 84.7 cm³/mol. The van der Waals surface area contributed by atoms with Gasteiger partial charge in [-0.3, -0.25) is 9.69 Å². The van der Waals surface area contributed by atoms with Crippen molar-refractivity contribution >= 4 is 17.5 Å². The standard InChI is InChI=1S/C16H23ClN2O2/c17-15-5-3-14(4-6-15)13-16(20)18-7-1-2-8-19-9-11-21-12-10-19/h3-6H,1-2,7-13H2,(H,18,20). The van der Waals surface area contributed by atoms with Gasteiger partial charge in [0.1, 0.15) is 0 Å². The summed E-state index contributed by atoms with van der Waals surface area (Å²) in [6.45, 7) is 5.59. The first kappa shape index (κ1) is 16.3. The van der Waals surface area contributed by atoms with Crippen molar-refractivity contribution in [1.82, 2.24) is 10.2 Å². The van der Waals surface area contributed by atoms with Crippen LogP contribution < -0.4 is 5.32 Å². The van der Waals surface area contributed by atoms with Crippen molar-refractivity contribution in [1.29, 1.82) is 0 Å². The fraction of sp³-hybridized carbons (Fsp3) is 0.562. The number of rotatable bonds is 7. The minimum atomic E-state index is 0.0729. The van der Waals surface area contributed by atoms with E-state index >= 15 is 0 Å². The number of hydrogen-bond acceptors (Lipinski definition) is 3. The summed E-state index contributed by atoms with van der Waals surface area (Å²) >= 11 is 5.82. The molecule has 2 rings (SSSR count). The maximum atomic E-state index is 11.8. The van der Waals surface area contributed by atoms with Crippen LogP contribution in [0.15, 0.2) is 24.3 Å². The van der Waals surface area contributed by atoms with Crippen molar-refractivity contribution in [2.75, 3.05) is 39.4 Å². The number of nitrogens with zero attached hydrogens (tertiary/aromatic N) is 1. The zero-order valence-corrected chi connectivity index (χ0v) is 13.1. The zero-order valence-electron chi connectivity index (χ0n) is 12.3. The number of carbonyl (C=O) groups excluding carboxylic acids is 1. The number of hydrogen-bond donors (Lipinski definition) is 1. The van der Waals surface area contributed by atoms with Crippen LogP contribution in [0.5, 0.6) is 0 Å². The molecule has 1 heterocycles. The molecule has 1 fully saturated rings. The van der Waals surface area contributed by atoms with Gasteiger partial charge in [0.15, 0.2) is 0 Å². The van der Waals surface area contributed by atoms with Gasteiger partial charge >= 0.3 is 0 Å². The molecule has 1 aliphatic heterocycles. The predicted octanol–water partition coefficient (Wildman–Crippen LogP) is 2.11. The van der Waals surface area contributed by atoms with Gasteiger partial charge in [0.2, 0.25) is 5.91 Å². The van der Waals surface area contributed by atoms with Crippen LogP contribution >= 0.6 is 11.6 Å². The van der Waals surface area contributed by atoms with Crippen LogP contribution in [0.3, 0.4) is 0 Å². The fourth-order valence-corrected chi connectivity index (χ4v) is 2.49. The van der Waals surface area contributed by atoms with Crippen molar-refractivity contribution in [3.05, 3.63) is 34.9 Å². The van der Waals surface area contributed by atoms with Gasteiger partial charge in [-0.2, -0.15) is 0 Å². The number of unbranched alkanes of at least 4 members (excludes halogenated alkanes) is 1. The molecule has 0 unspecified atom stereocenters. The van der Waals surface area contributed by atoms with Crippen molar-refractivity contribution in [2.24, 2.45) is 0 Å². The number of nitrogens with one attached hydrogen (secondary N) is 1. The van der Waals surface area contributed by atoms with E-state index in [0.29, 0.717) is 11.4 Å². The lowest BCUT2D eigenvalue weighted by atomic mass is 10.1. The lowest BCUT2D eigenvalue weighted by Crippen LogP contribution is -2.37. The third-order valence-corrected chi connectivity index (χ3v) is 3.86. The third-order valence-electron chi connectivity index (χ3n) is 3.60. The number of carbonyl (C=O) groups is 1. The van der Waals surface area contributed by atoms with Crippen LogP contribution in [0, 0.1) is 0 Å². The molecular formula is C16H23ClN2O2. The van der Waals surface area contributed by atoms with E-state index in [2.05, 4.69) is 10.2 Å². The summed E-state index contributed by atoms with van der Waals surface area (Å²) in [6.07, 6.45) is 2.55. The van der Waals surface area contributed by atoms with Crippen LogP contribution in [0.1, 0.15) is 18.4 Å². The van der Waals surface area contributed by atoms with Crippen molar-refractivity contribution in [3.8, 4) is 0 Å². The van der Waals surface area contributed by atoms with Crippen LogP contribution in [-0.4, -0.2) is 50.2 Å². The van der Waals surface area contributed by atoms with Crippen LogP contribution in [0.25, 0.3) is 0 Å². The van der Waals surface area contributed by atoms with E-state index in [9.17, 15) is 4.79 Å². The summed E-state index contributed by atoms with van der Waals surface area (Å²) in [4.78, 5) is 14.2. The average Bonchev–Trinajstić information content (AvgIpc) is 2.50. The Hall–Kier alpha value is -1.10. The molecule has 0 aliphatic carbocycles. The second-order valence-corrected chi connectivity index (χ2v) is 5.75. The van der Waals surface area contributed by atoms with Gasteiger partial charge in [0.25, 0.3) is 0 Å². The first-order valence-corrected chi connectivity index (χ1v) is 7.93. The van der Waals surface area contributed by atoms with Gasteiger partial charge in [-0.15, -0.1) is 0 Å². The Labute approximate surface area is 131 Å². The first-order valence-electron chi connectivity index (χ1n) is 7.55. The van der Waals surface area contributed by atoms with Gasteiger partial charge in [-0.25, -0.2) is 0 Å². The summed E-state index contributed by atoms with van der Waals surface area (Å²) in [7, 11) is 0. The summed E-state index contributed by atoms with van der Waals surface area (Å²) in [5, 5.41) is 3.66. The normalized spacial score (nSPS) is 15.9. The summed E-state index contributed by atoms with van der Waals surface area (Å²) in [5.74, 6) is 0.0729. The largest absolute Gasteiger partial charge is 0.379 e. The average molecular weight is 311 g/mol. The van der Waals surface area contributed by atoms with E-state index in [4.69, 9.17) is 16.3 Å². The molecule has 1 N–H and O–H groups in total. The summed E-state index contributed by atoms with van der Waals surface area (Å²) in [5.41, 5.74) is 0.991. The van der Waals surface area contributed by atoms with Gasteiger partial charge in [-0.1, -0.05) is 23.7 Å². The summed E-state index contributed by atoms with van der Waals surface area (Å²) < 4.78 is 5.32. The molecule has 4 nitrogen and oxygen atoms in total. The van der Waals surface area contributed by atoms with E-state index < -0.39 is 0 Å². The first-order chi connectivity index (χ1) is 10.2. The molecule has 1 aliphatic rings. The molecule has 0 radical (unpaired) electrons. The Morgan fingerprint density at radius 3 is 2.62 bits per heavy atom. The molecule has 0 spiro atoms. The Balaban J connectivity index is 1.53. The number of amides is 1. The SMILES string of the molecule is O=C(Cc1ccc(Cl)cc1)NCCCCN1CCOCC1. The second kappa shape index (κ2) is 9.03. The van der Waals surface area contributed by atoms with Crippen molar-refractivity contribution < 1.29 is 9.53 Å². The van der Waals surface area contributed by atoms with Gasteiger partial charge in [-0.05, 0) is 37.1 Å². The molecule has 0 bridgehead atoms. The van der Waals surface area contributed by atoms with Gasteiger partial charge in [0, 0.05) is 24.7 Å². The monoisotopic (exact) mass is 310 g/mol. The van der Waals surface area contributed by atoms with E-state index in [1.807, 2.05) is 24.3 Å². The molecule has 116 valence electrons. The molecular weight excluding hydrogens is 288 g/mol. The van der Waals surface area contributed by atoms with E-state index in [1.165, 1.54) is 0 Å². The molecule has 1 aromatic carbocycles. The molecule has 1 aromatic rings. The molecule has 5 heteroatoms. The Kier molecular flexibility index (Phi) is 7.00. The quantitative estimate of drug-likeness (QED) is 0.784. The molecule has 1 amide bonds. The van der Waals surface area contributed by atoms with E-state index in [0.717, 1.165) is 57.8 Å². The van der Waals surface area contributed by atoms with Crippen LogP contribution in [0.4, 0.5) is 0 Å². The number of halogens is 1. The molecule has 0 saturated carbocycles. The topological polar surface area (TPSA) is 41.6 Å². The molecule has 21 heavy (non-hydrogen) atoms. The number of ether oxygens (including phenoxy) is 1. The highest BCUT2D eigenvalue weighted by Crippen LogP contribution is 2.09. The maximum Gasteiger partial charge on any atom is 0.224 e. The fourth-order valence-electron chi connectivity index (χ4n) is 2.36. The number of morpholine rings is 1. The lowest BCUT2D eigenvalue weighted by Gasteiger charge is -2.26. The third kappa shape index (κ3) is 6.46. The smallest absolute Gasteiger partial charge is 0.224 e. The molecule has 0 atom stereocenters. The van der Waals surface area contributed by atoms with E-state index in [-0.39, 0.29) is 5.91 Å². The van der Waals surface area contributed by atoms with Crippen LogP contribution in [-0.2, 0) is 16.0 Å². The Morgan fingerprint density at radius 1 is 1.19 bits per heavy atom. The maximum absolute atomic E-state index is 11.8. The van der Waals surface area contributed by atoms with Crippen molar-refractivity contribution in [3.63, 3.8) is 0 Å². The summed E-state index contributed by atoms with van der Waals surface area (Å²) in [6, 6.07) is 7.40. The Morgan fingerprint density at radius 2 is 1.90 bits per heavy atom.